The molecule has 1 aromatic rings. The van der Waals surface area contributed by atoms with Crippen molar-refractivity contribution in [2.75, 3.05) is 16.8 Å². The highest BCUT2D eigenvalue weighted by Gasteiger charge is 2.31. The number of amides is 1. The molecular formula is C12H13BrN2O4. The fourth-order valence-electron chi connectivity index (χ4n) is 2.17. The van der Waals surface area contributed by atoms with Gasteiger partial charge in [0.05, 0.1) is 17.2 Å². The highest BCUT2D eigenvalue weighted by atomic mass is 79.9. The van der Waals surface area contributed by atoms with Gasteiger partial charge in [0.25, 0.3) is 5.69 Å². The van der Waals surface area contributed by atoms with E-state index in [1.54, 1.807) is 0 Å². The van der Waals surface area contributed by atoms with Crippen molar-refractivity contribution in [3.8, 4) is 0 Å². The molecule has 19 heavy (non-hydrogen) atoms. The van der Waals surface area contributed by atoms with E-state index in [1.165, 1.54) is 23.1 Å². The van der Waals surface area contributed by atoms with E-state index in [0.717, 1.165) is 0 Å². The Labute approximate surface area is 118 Å². The van der Waals surface area contributed by atoms with Crippen LogP contribution in [-0.4, -0.2) is 27.8 Å². The molecule has 1 heterocycles. The van der Waals surface area contributed by atoms with Crippen LogP contribution in [0, 0.1) is 16.0 Å². The molecule has 1 aromatic carbocycles. The number of nitro groups is 1. The summed E-state index contributed by atoms with van der Waals surface area (Å²) in [6.07, 6.45) is 0.415. The molecular weight excluding hydrogens is 316 g/mol. The van der Waals surface area contributed by atoms with Crippen LogP contribution in [0.5, 0.6) is 0 Å². The number of hydrogen-bond acceptors (Lipinski definition) is 4. The van der Waals surface area contributed by atoms with Gasteiger partial charge >= 0.3 is 0 Å². The number of alkyl halides is 1. The van der Waals surface area contributed by atoms with E-state index in [9.17, 15) is 20.0 Å². The number of anilines is 1. The SMILES string of the molecule is O=C1CC(CBr)CN1c1cc([N+](=O)[O-])ccc1CO. The van der Waals surface area contributed by atoms with Gasteiger partial charge in [-0.25, -0.2) is 0 Å². The first-order valence-electron chi connectivity index (χ1n) is 5.81. The molecule has 7 heteroatoms. The van der Waals surface area contributed by atoms with E-state index in [1.807, 2.05) is 0 Å². The molecule has 0 bridgehead atoms. The fourth-order valence-corrected chi connectivity index (χ4v) is 2.60. The van der Waals surface area contributed by atoms with Crippen LogP contribution >= 0.6 is 15.9 Å². The summed E-state index contributed by atoms with van der Waals surface area (Å²) < 4.78 is 0. The van der Waals surface area contributed by atoms with Crippen LogP contribution in [0.25, 0.3) is 0 Å². The first-order chi connectivity index (χ1) is 9.06. The molecule has 0 saturated carbocycles. The predicted octanol–water partition coefficient (Wildman–Crippen LogP) is 1.83. The van der Waals surface area contributed by atoms with Gasteiger partial charge < -0.3 is 10.0 Å². The number of benzene rings is 1. The van der Waals surface area contributed by atoms with Crippen molar-refractivity contribution < 1.29 is 14.8 Å². The van der Waals surface area contributed by atoms with Gasteiger partial charge in [0, 0.05) is 36.0 Å². The third-order valence-electron chi connectivity index (χ3n) is 3.16. The second-order valence-electron chi connectivity index (χ2n) is 4.46. The maximum atomic E-state index is 11.9. The number of carbonyl (C=O) groups excluding carboxylic acids is 1. The summed E-state index contributed by atoms with van der Waals surface area (Å²) in [6, 6.07) is 4.17. The van der Waals surface area contributed by atoms with Crippen molar-refractivity contribution in [3.63, 3.8) is 0 Å². The van der Waals surface area contributed by atoms with Gasteiger partial charge in [0.1, 0.15) is 0 Å². The lowest BCUT2D eigenvalue weighted by molar-refractivity contribution is -0.384. The Bertz CT molecular complexity index is 520. The molecule has 1 aliphatic heterocycles. The zero-order valence-corrected chi connectivity index (χ0v) is 11.7. The van der Waals surface area contributed by atoms with E-state index in [0.29, 0.717) is 29.5 Å². The Morgan fingerprint density at radius 1 is 1.53 bits per heavy atom. The second-order valence-corrected chi connectivity index (χ2v) is 5.10. The number of aliphatic hydroxyl groups excluding tert-OH is 1. The van der Waals surface area contributed by atoms with Crippen LogP contribution in [0.1, 0.15) is 12.0 Å². The van der Waals surface area contributed by atoms with Crippen LogP contribution in [0.2, 0.25) is 0 Å². The van der Waals surface area contributed by atoms with Crippen molar-refractivity contribution in [2.24, 2.45) is 5.92 Å². The smallest absolute Gasteiger partial charge is 0.271 e. The fraction of sp³-hybridized carbons (Fsp3) is 0.417. The van der Waals surface area contributed by atoms with E-state index in [4.69, 9.17) is 0 Å². The van der Waals surface area contributed by atoms with E-state index in [-0.39, 0.29) is 24.1 Å². The standard InChI is InChI=1S/C12H13BrN2O4/c13-5-8-3-12(17)14(6-8)11-4-10(15(18)19)2-1-9(11)7-16/h1-2,4,8,16H,3,5-7H2. The summed E-state index contributed by atoms with van der Waals surface area (Å²) in [6.45, 7) is 0.258. The summed E-state index contributed by atoms with van der Waals surface area (Å²) in [5.74, 6) is 0.123. The van der Waals surface area contributed by atoms with Gasteiger partial charge in [-0.15, -0.1) is 0 Å². The zero-order valence-electron chi connectivity index (χ0n) is 10.1. The summed E-state index contributed by atoms with van der Waals surface area (Å²) in [5, 5.41) is 20.8. The third kappa shape index (κ3) is 2.76. The number of aliphatic hydroxyl groups is 1. The quantitative estimate of drug-likeness (QED) is 0.519. The van der Waals surface area contributed by atoms with Crippen molar-refractivity contribution >= 4 is 33.2 Å². The molecule has 0 aliphatic carbocycles. The Hall–Kier alpha value is -1.47. The van der Waals surface area contributed by atoms with Gasteiger partial charge in [-0.05, 0) is 12.0 Å². The van der Waals surface area contributed by atoms with Crippen LogP contribution in [0.4, 0.5) is 11.4 Å². The van der Waals surface area contributed by atoms with Crippen molar-refractivity contribution in [2.45, 2.75) is 13.0 Å². The maximum absolute atomic E-state index is 11.9. The summed E-state index contributed by atoms with van der Waals surface area (Å²) in [5.41, 5.74) is 0.876. The number of nitrogens with zero attached hydrogens (tertiary/aromatic N) is 2. The van der Waals surface area contributed by atoms with Crippen molar-refractivity contribution in [1.82, 2.24) is 0 Å². The van der Waals surface area contributed by atoms with Crippen molar-refractivity contribution in [1.29, 1.82) is 0 Å². The zero-order chi connectivity index (χ0) is 14.0. The number of halogens is 1. The van der Waals surface area contributed by atoms with Gasteiger partial charge in [-0.2, -0.15) is 0 Å². The summed E-state index contributed by atoms with van der Waals surface area (Å²) in [7, 11) is 0. The molecule has 2 rings (SSSR count). The van der Waals surface area contributed by atoms with Gasteiger partial charge in [-0.3, -0.25) is 14.9 Å². The number of rotatable bonds is 4. The first kappa shape index (κ1) is 14.0. The average molecular weight is 329 g/mol. The minimum Gasteiger partial charge on any atom is -0.392 e. The topological polar surface area (TPSA) is 83.7 Å². The predicted molar refractivity (Wildman–Crippen MR) is 73.3 cm³/mol. The Morgan fingerprint density at radius 2 is 2.26 bits per heavy atom. The minimum atomic E-state index is -0.507. The van der Waals surface area contributed by atoms with E-state index in [2.05, 4.69) is 15.9 Å². The monoisotopic (exact) mass is 328 g/mol. The van der Waals surface area contributed by atoms with Crippen molar-refractivity contribution in [3.05, 3.63) is 33.9 Å². The Morgan fingerprint density at radius 3 is 2.79 bits per heavy atom. The molecule has 1 N–H and O–H groups in total. The van der Waals surface area contributed by atoms with E-state index >= 15 is 0 Å². The highest BCUT2D eigenvalue weighted by molar-refractivity contribution is 9.09. The lowest BCUT2D eigenvalue weighted by Crippen LogP contribution is -2.26. The molecule has 1 atom stereocenters. The Balaban J connectivity index is 2.39. The lowest BCUT2D eigenvalue weighted by Gasteiger charge is -2.19. The van der Waals surface area contributed by atoms with Crippen LogP contribution < -0.4 is 4.90 Å². The number of non-ortho nitro benzene ring substituents is 1. The Kier molecular flexibility index (Phi) is 4.16. The first-order valence-corrected chi connectivity index (χ1v) is 6.93. The maximum Gasteiger partial charge on any atom is 0.271 e. The molecule has 1 unspecified atom stereocenters. The molecule has 6 nitrogen and oxygen atoms in total. The summed E-state index contributed by atoms with van der Waals surface area (Å²) in [4.78, 5) is 23.8. The minimum absolute atomic E-state index is 0.0698. The average Bonchev–Trinajstić information content (AvgIpc) is 2.79. The normalized spacial score (nSPS) is 18.9. The highest BCUT2D eigenvalue weighted by Crippen LogP contribution is 2.31. The molecule has 1 amide bonds. The molecule has 1 saturated heterocycles. The van der Waals surface area contributed by atoms with Gasteiger partial charge in [-0.1, -0.05) is 15.9 Å². The van der Waals surface area contributed by atoms with E-state index < -0.39 is 4.92 Å². The van der Waals surface area contributed by atoms with Gasteiger partial charge in [0.2, 0.25) is 5.91 Å². The van der Waals surface area contributed by atoms with Crippen LogP contribution in [0.15, 0.2) is 18.2 Å². The number of nitro benzene ring substituents is 1. The molecule has 0 spiro atoms. The third-order valence-corrected chi connectivity index (χ3v) is 4.08. The second kappa shape index (κ2) is 5.66. The molecule has 0 aromatic heterocycles. The van der Waals surface area contributed by atoms with Gasteiger partial charge in [0.15, 0.2) is 0 Å². The summed E-state index contributed by atoms with van der Waals surface area (Å²) >= 11 is 3.34. The molecule has 102 valence electrons. The molecule has 0 radical (unpaired) electrons. The van der Waals surface area contributed by atoms with Crippen LogP contribution in [0.3, 0.4) is 0 Å². The molecule has 1 fully saturated rings. The lowest BCUT2D eigenvalue weighted by atomic mass is 10.1. The number of hydrogen-bond donors (Lipinski definition) is 1. The number of carbonyl (C=O) groups is 1. The van der Waals surface area contributed by atoms with Crippen LogP contribution in [-0.2, 0) is 11.4 Å². The largest absolute Gasteiger partial charge is 0.392 e. The molecule has 1 aliphatic rings.